The van der Waals surface area contributed by atoms with E-state index in [0.29, 0.717) is 19.0 Å². The van der Waals surface area contributed by atoms with Gasteiger partial charge in [-0.05, 0) is 30.9 Å². The van der Waals surface area contributed by atoms with Crippen LogP contribution < -0.4 is 0 Å². The number of carbonyl (C=O) groups is 1. The fourth-order valence-electron chi connectivity index (χ4n) is 2.28. The summed E-state index contributed by atoms with van der Waals surface area (Å²) in [6, 6.07) is 4.30. The molecule has 1 heterocycles. The van der Waals surface area contributed by atoms with E-state index in [-0.39, 0.29) is 28.9 Å². The number of piperidine rings is 1. The van der Waals surface area contributed by atoms with Crippen LogP contribution in [0.2, 0.25) is 0 Å². The van der Waals surface area contributed by atoms with E-state index in [9.17, 15) is 15.0 Å². The van der Waals surface area contributed by atoms with Gasteiger partial charge in [0.15, 0.2) is 0 Å². The van der Waals surface area contributed by atoms with Crippen LogP contribution in [0.25, 0.3) is 0 Å². The summed E-state index contributed by atoms with van der Waals surface area (Å²) in [6.07, 6.45) is 1.91. The quantitative estimate of drug-likeness (QED) is 0.809. The van der Waals surface area contributed by atoms with E-state index in [1.807, 2.05) is 0 Å². The third-order valence-corrected chi connectivity index (χ3v) is 3.70. The first-order valence-electron chi connectivity index (χ1n) is 5.99. The minimum absolute atomic E-state index is 0.0206. The fourth-order valence-corrected chi connectivity index (χ4v) is 2.53. The first-order valence-corrected chi connectivity index (χ1v) is 6.53. The van der Waals surface area contributed by atoms with Gasteiger partial charge in [-0.3, -0.25) is 4.79 Å². The number of phenols is 2. The van der Waals surface area contributed by atoms with E-state index < -0.39 is 0 Å². The Kier molecular flexibility index (Phi) is 3.97. The fraction of sp³-hybridized carbons (Fsp3) is 0.462. The Labute approximate surface area is 111 Å². The molecular formula is C13H16ClNO3. The van der Waals surface area contributed by atoms with Gasteiger partial charge in [-0.2, -0.15) is 0 Å². The van der Waals surface area contributed by atoms with E-state index in [4.69, 9.17) is 11.6 Å². The smallest absolute Gasteiger partial charge is 0.261 e. The van der Waals surface area contributed by atoms with Gasteiger partial charge in [0.05, 0.1) is 0 Å². The number of hydrogen-bond acceptors (Lipinski definition) is 3. The molecule has 1 aromatic carbocycles. The third kappa shape index (κ3) is 2.53. The topological polar surface area (TPSA) is 60.8 Å². The Morgan fingerprint density at radius 1 is 1.39 bits per heavy atom. The second-order valence-electron chi connectivity index (χ2n) is 4.58. The standard InChI is InChI=1S/C13H16ClNO3/c14-7-9-3-2-6-15(8-9)13(18)12-10(16)4-1-5-11(12)17/h1,4-5,9,16-17H,2-3,6-8H2. The Balaban J connectivity index is 2.20. The molecule has 0 aromatic heterocycles. The second-order valence-corrected chi connectivity index (χ2v) is 4.89. The molecule has 2 N–H and O–H groups in total. The van der Waals surface area contributed by atoms with Crippen molar-refractivity contribution in [3.05, 3.63) is 23.8 Å². The van der Waals surface area contributed by atoms with Gasteiger partial charge >= 0.3 is 0 Å². The number of hydrogen-bond donors (Lipinski definition) is 2. The molecule has 1 aliphatic rings. The predicted molar refractivity (Wildman–Crippen MR) is 69.1 cm³/mol. The van der Waals surface area contributed by atoms with Gasteiger partial charge in [0.1, 0.15) is 17.1 Å². The summed E-state index contributed by atoms with van der Waals surface area (Å²) in [5.41, 5.74) is -0.0206. The number of phenolic OH excluding ortho intramolecular Hbond substituents is 2. The number of benzene rings is 1. The highest BCUT2D eigenvalue weighted by atomic mass is 35.5. The summed E-state index contributed by atoms with van der Waals surface area (Å²) in [5, 5.41) is 19.4. The maximum absolute atomic E-state index is 12.3. The van der Waals surface area contributed by atoms with Crippen molar-refractivity contribution in [2.75, 3.05) is 19.0 Å². The molecule has 0 radical (unpaired) electrons. The van der Waals surface area contributed by atoms with E-state index in [1.54, 1.807) is 4.90 Å². The molecule has 2 rings (SSSR count). The van der Waals surface area contributed by atoms with Gasteiger partial charge in [-0.25, -0.2) is 0 Å². The highest BCUT2D eigenvalue weighted by Gasteiger charge is 2.27. The normalized spacial score (nSPS) is 19.8. The number of nitrogens with zero attached hydrogens (tertiary/aromatic N) is 1. The molecule has 1 unspecified atom stereocenters. The predicted octanol–water partition coefficient (Wildman–Crippen LogP) is 2.19. The van der Waals surface area contributed by atoms with Gasteiger partial charge < -0.3 is 15.1 Å². The number of aromatic hydroxyl groups is 2. The van der Waals surface area contributed by atoms with Crippen molar-refractivity contribution in [2.45, 2.75) is 12.8 Å². The lowest BCUT2D eigenvalue weighted by molar-refractivity contribution is 0.0678. The molecule has 1 aliphatic heterocycles. The van der Waals surface area contributed by atoms with Crippen molar-refractivity contribution in [3.8, 4) is 11.5 Å². The zero-order valence-electron chi connectivity index (χ0n) is 9.97. The second kappa shape index (κ2) is 5.48. The molecule has 0 saturated carbocycles. The third-order valence-electron chi connectivity index (χ3n) is 3.26. The molecule has 0 aliphatic carbocycles. The molecule has 0 bridgehead atoms. The van der Waals surface area contributed by atoms with Crippen molar-refractivity contribution in [3.63, 3.8) is 0 Å². The average molecular weight is 270 g/mol. The average Bonchev–Trinajstić information content (AvgIpc) is 2.38. The molecular weight excluding hydrogens is 254 g/mol. The molecule has 1 amide bonds. The number of halogens is 1. The summed E-state index contributed by atoms with van der Waals surface area (Å²) in [6.45, 7) is 1.22. The van der Waals surface area contributed by atoms with Gasteiger partial charge in [-0.1, -0.05) is 6.07 Å². The SMILES string of the molecule is O=C(c1c(O)cccc1O)N1CCCC(CCl)C1. The van der Waals surface area contributed by atoms with Crippen LogP contribution >= 0.6 is 11.6 Å². The Bertz CT molecular complexity index is 430. The molecule has 1 fully saturated rings. The van der Waals surface area contributed by atoms with Crippen LogP contribution in [-0.4, -0.2) is 40.0 Å². The summed E-state index contributed by atoms with van der Waals surface area (Å²) in [5.74, 6) is 0.107. The van der Waals surface area contributed by atoms with Crippen LogP contribution in [-0.2, 0) is 0 Å². The van der Waals surface area contributed by atoms with Crippen LogP contribution in [0.15, 0.2) is 18.2 Å². The zero-order chi connectivity index (χ0) is 13.1. The summed E-state index contributed by atoms with van der Waals surface area (Å²) in [7, 11) is 0. The number of alkyl halides is 1. The van der Waals surface area contributed by atoms with Gasteiger partial charge in [0.2, 0.25) is 0 Å². The Hall–Kier alpha value is -1.42. The minimum Gasteiger partial charge on any atom is -0.507 e. The van der Waals surface area contributed by atoms with Crippen molar-refractivity contribution >= 4 is 17.5 Å². The van der Waals surface area contributed by atoms with Crippen LogP contribution in [0.5, 0.6) is 11.5 Å². The zero-order valence-corrected chi connectivity index (χ0v) is 10.7. The Morgan fingerprint density at radius 3 is 2.67 bits per heavy atom. The van der Waals surface area contributed by atoms with Gasteiger partial charge in [-0.15, -0.1) is 11.6 Å². The van der Waals surface area contributed by atoms with Gasteiger partial charge in [0, 0.05) is 19.0 Å². The van der Waals surface area contributed by atoms with Crippen molar-refractivity contribution in [2.24, 2.45) is 5.92 Å². The van der Waals surface area contributed by atoms with E-state index in [0.717, 1.165) is 12.8 Å². The molecule has 18 heavy (non-hydrogen) atoms. The lowest BCUT2D eigenvalue weighted by Crippen LogP contribution is -2.40. The molecule has 98 valence electrons. The largest absolute Gasteiger partial charge is 0.507 e. The monoisotopic (exact) mass is 269 g/mol. The number of carbonyl (C=O) groups excluding carboxylic acids is 1. The summed E-state index contributed by atoms with van der Waals surface area (Å²) < 4.78 is 0. The highest BCUT2D eigenvalue weighted by molar-refractivity contribution is 6.18. The summed E-state index contributed by atoms with van der Waals surface area (Å²) >= 11 is 5.82. The molecule has 1 saturated heterocycles. The first kappa shape index (κ1) is 13.0. The lowest BCUT2D eigenvalue weighted by Gasteiger charge is -2.32. The van der Waals surface area contributed by atoms with Crippen LogP contribution in [0.3, 0.4) is 0 Å². The van der Waals surface area contributed by atoms with Crippen molar-refractivity contribution in [1.82, 2.24) is 4.90 Å². The van der Waals surface area contributed by atoms with E-state index in [1.165, 1.54) is 18.2 Å². The van der Waals surface area contributed by atoms with E-state index in [2.05, 4.69) is 0 Å². The molecule has 1 atom stereocenters. The number of rotatable bonds is 2. The van der Waals surface area contributed by atoms with E-state index >= 15 is 0 Å². The maximum atomic E-state index is 12.3. The van der Waals surface area contributed by atoms with Crippen LogP contribution in [0.1, 0.15) is 23.2 Å². The highest BCUT2D eigenvalue weighted by Crippen LogP contribution is 2.29. The maximum Gasteiger partial charge on any atom is 0.261 e. The van der Waals surface area contributed by atoms with Crippen LogP contribution in [0.4, 0.5) is 0 Å². The number of likely N-dealkylation sites (tertiary alicyclic amines) is 1. The molecule has 1 aromatic rings. The molecule has 5 heteroatoms. The van der Waals surface area contributed by atoms with Crippen molar-refractivity contribution in [1.29, 1.82) is 0 Å². The van der Waals surface area contributed by atoms with Crippen molar-refractivity contribution < 1.29 is 15.0 Å². The molecule has 4 nitrogen and oxygen atoms in total. The minimum atomic E-state index is -0.333. The Morgan fingerprint density at radius 2 is 2.06 bits per heavy atom. The summed E-state index contributed by atoms with van der Waals surface area (Å²) in [4.78, 5) is 13.9. The lowest BCUT2D eigenvalue weighted by atomic mass is 9.99. The van der Waals surface area contributed by atoms with Gasteiger partial charge in [0.25, 0.3) is 5.91 Å². The number of amides is 1. The molecule has 0 spiro atoms. The van der Waals surface area contributed by atoms with Crippen LogP contribution in [0, 0.1) is 5.92 Å². The first-order chi connectivity index (χ1) is 8.63.